The van der Waals surface area contributed by atoms with Crippen molar-refractivity contribution in [3.8, 4) is 0 Å². The first-order chi connectivity index (χ1) is 8.70. The van der Waals surface area contributed by atoms with E-state index in [2.05, 4.69) is 10.6 Å². The lowest BCUT2D eigenvalue weighted by Crippen LogP contribution is -2.24. The summed E-state index contributed by atoms with van der Waals surface area (Å²) < 4.78 is 0. The zero-order valence-corrected chi connectivity index (χ0v) is 10.0. The molecule has 0 unspecified atom stereocenters. The molecule has 1 aliphatic heterocycles. The van der Waals surface area contributed by atoms with E-state index in [1.54, 1.807) is 18.2 Å². The second kappa shape index (κ2) is 5.64. The molecule has 0 aliphatic carbocycles. The van der Waals surface area contributed by atoms with Crippen molar-refractivity contribution in [3.05, 3.63) is 29.3 Å². The number of amides is 2. The minimum Gasteiger partial charge on any atom is -0.396 e. The monoisotopic (exact) mass is 248 g/mol. The first-order valence-electron chi connectivity index (χ1n) is 6.02. The predicted molar refractivity (Wildman–Crippen MR) is 67.4 cm³/mol. The van der Waals surface area contributed by atoms with Crippen LogP contribution in [-0.2, 0) is 11.2 Å². The quantitative estimate of drug-likeness (QED) is 0.671. The number of aliphatic hydroxyl groups excluding tert-OH is 1. The van der Waals surface area contributed by atoms with Crippen LogP contribution in [0.4, 0.5) is 5.69 Å². The van der Waals surface area contributed by atoms with Crippen LogP contribution in [0.1, 0.15) is 28.8 Å². The van der Waals surface area contributed by atoms with Crippen molar-refractivity contribution in [2.75, 3.05) is 18.5 Å². The molecule has 1 heterocycles. The first-order valence-corrected chi connectivity index (χ1v) is 6.02. The van der Waals surface area contributed by atoms with E-state index >= 15 is 0 Å². The van der Waals surface area contributed by atoms with Crippen molar-refractivity contribution in [2.45, 2.75) is 19.3 Å². The van der Waals surface area contributed by atoms with Crippen LogP contribution in [0.25, 0.3) is 0 Å². The largest absolute Gasteiger partial charge is 0.396 e. The number of anilines is 1. The third-order valence-corrected chi connectivity index (χ3v) is 2.86. The van der Waals surface area contributed by atoms with Gasteiger partial charge in [-0.25, -0.2) is 0 Å². The first kappa shape index (κ1) is 12.6. The Bertz CT molecular complexity index is 471. The van der Waals surface area contributed by atoms with Gasteiger partial charge in [0, 0.05) is 24.4 Å². The summed E-state index contributed by atoms with van der Waals surface area (Å²) in [5, 5.41) is 14.1. The molecule has 0 bridgehead atoms. The van der Waals surface area contributed by atoms with Gasteiger partial charge in [-0.2, -0.15) is 0 Å². The van der Waals surface area contributed by atoms with Crippen LogP contribution in [0.5, 0.6) is 0 Å². The van der Waals surface area contributed by atoms with Crippen LogP contribution in [0.15, 0.2) is 18.2 Å². The molecule has 0 radical (unpaired) electrons. The number of benzene rings is 1. The van der Waals surface area contributed by atoms with Gasteiger partial charge < -0.3 is 15.7 Å². The second-order valence-electron chi connectivity index (χ2n) is 4.28. The third-order valence-electron chi connectivity index (χ3n) is 2.86. The van der Waals surface area contributed by atoms with Crippen LogP contribution >= 0.6 is 0 Å². The molecular weight excluding hydrogens is 232 g/mol. The Hall–Kier alpha value is -1.88. The number of hydrogen-bond acceptors (Lipinski definition) is 3. The fraction of sp³-hybridized carbons (Fsp3) is 0.385. The number of carbonyl (C=O) groups is 2. The molecule has 2 amide bonds. The Balaban J connectivity index is 1.95. The molecule has 5 heteroatoms. The van der Waals surface area contributed by atoms with Gasteiger partial charge in [0.25, 0.3) is 5.91 Å². The molecule has 0 atom stereocenters. The SMILES string of the molecule is O=C1Cc2cc(C(=O)NCCCCO)ccc2N1. The van der Waals surface area contributed by atoms with E-state index in [-0.39, 0.29) is 18.4 Å². The Labute approximate surface area is 105 Å². The molecule has 0 saturated heterocycles. The molecular formula is C13H16N2O3. The second-order valence-corrected chi connectivity index (χ2v) is 4.28. The number of fused-ring (bicyclic) bond motifs is 1. The third kappa shape index (κ3) is 2.87. The molecule has 18 heavy (non-hydrogen) atoms. The molecule has 0 spiro atoms. The van der Waals surface area contributed by atoms with E-state index < -0.39 is 0 Å². The number of unbranched alkanes of at least 4 members (excludes halogenated alkanes) is 1. The Morgan fingerprint density at radius 1 is 1.39 bits per heavy atom. The van der Waals surface area contributed by atoms with Gasteiger partial charge in [0.2, 0.25) is 5.91 Å². The van der Waals surface area contributed by atoms with Crippen LogP contribution in [-0.4, -0.2) is 30.1 Å². The standard InChI is InChI=1S/C13H16N2O3/c16-6-2-1-5-14-13(18)9-3-4-11-10(7-9)8-12(17)15-11/h3-4,7,16H,1-2,5-6,8H2,(H,14,18)(H,15,17). The van der Waals surface area contributed by atoms with Crippen LogP contribution in [0.2, 0.25) is 0 Å². The Morgan fingerprint density at radius 3 is 3.00 bits per heavy atom. The molecule has 1 aliphatic rings. The van der Waals surface area contributed by atoms with Gasteiger partial charge in [-0.1, -0.05) is 0 Å². The highest BCUT2D eigenvalue weighted by atomic mass is 16.3. The fourth-order valence-electron chi connectivity index (χ4n) is 1.91. The average Bonchev–Trinajstić information content (AvgIpc) is 2.73. The molecule has 5 nitrogen and oxygen atoms in total. The fourth-order valence-corrected chi connectivity index (χ4v) is 1.91. The lowest BCUT2D eigenvalue weighted by molar-refractivity contribution is -0.115. The molecule has 0 aromatic heterocycles. The van der Waals surface area contributed by atoms with Crippen molar-refractivity contribution >= 4 is 17.5 Å². The topological polar surface area (TPSA) is 78.4 Å². The highest BCUT2D eigenvalue weighted by Gasteiger charge is 2.18. The van der Waals surface area contributed by atoms with Crippen LogP contribution in [0, 0.1) is 0 Å². The number of carbonyl (C=O) groups excluding carboxylic acids is 2. The van der Waals surface area contributed by atoms with Crippen LogP contribution in [0.3, 0.4) is 0 Å². The highest BCUT2D eigenvalue weighted by Crippen LogP contribution is 2.23. The summed E-state index contributed by atoms with van der Waals surface area (Å²) in [6, 6.07) is 5.20. The maximum atomic E-state index is 11.8. The number of hydrogen-bond donors (Lipinski definition) is 3. The van der Waals surface area contributed by atoms with Crippen molar-refractivity contribution in [1.82, 2.24) is 5.32 Å². The van der Waals surface area contributed by atoms with Crippen molar-refractivity contribution in [1.29, 1.82) is 0 Å². The minimum atomic E-state index is -0.143. The van der Waals surface area contributed by atoms with E-state index in [1.165, 1.54) is 0 Å². The van der Waals surface area contributed by atoms with Gasteiger partial charge in [0.1, 0.15) is 0 Å². The van der Waals surface area contributed by atoms with Gasteiger partial charge in [-0.15, -0.1) is 0 Å². The maximum absolute atomic E-state index is 11.8. The zero-order chi connectivity index (χ0) is 13.0. The van der Waals surface area contributed by atoms with E-state index in [1.807, 2.05) is 0 Å². The zero-order valence-electron chi connectivity index (χ0n) is 10.0. The van der Waals surface area contributed by atoms with Crippen molar-refractivity contribution < 1.29 is 14.7 Å². The van der Waals surface area contributed by atoms with Gasteiger partial charge in [0.15, 0.2) is 0 Å². The van der Waals surface area contributed by atoms with Gasteiger partial charge >= 0.3 is 0 Å². The summed E-state index contributed by atoms with van der Waals surface area (Å²) in [5.74, 6) is -0.180. The minimum absolute atomic E-state index is 0.0366. The molecule has 0 saturated carbocycles. The lowest BCUT2D eigenvalue weighted by Gasteiger charge is -2.06. The van der Waals surface area contributed by atoms with Crippen molar-refractivity contribution in [2.24, 2.45) is 0 Å². The maximum Gasteiger partial charge on any atom is 0.251 e. The molecule has 0 fully saturated rings. The predicted octanol–water partition coefficient (Wildman–Crippen LogP) is 0.683. The Kier molecular flexibility index (Phi) is 3.94. The van der Waals surface area contributed by atoms with E-state index in [0.29, 0.717) is 24.9 Å². The molecule has 3 N–H and O–H groups in total. The van der Waals surface area contributed by atoms with E-state index in [4.69, 9.17) is 5.11 Å². The molecule has 96 valence electrons. The highest BCUT2D eigenvalue weighted by molar-refractivity contribution is 6.01. The molecule has 2 rings (SSSR count). The van der Waals surface area contributed by atoms with Gasteiger partial charge in [-0.05, 0) is 36.6 Å². The molecule has 1 aromatic carbocycles. The normalized spacial score (nSPS) is 13.1. The average molecular weight is 248 g/mol. The van der Waals surface area contributed by atoms with Crippen molar-refractivity contribution in [3.63, 3.8) is 0 Å². The smallest absolute Gasteiger partial charge is 0.251 e. The van der Waals surface area contributed by atoms with Gasteiger partial charge in [0.05, 0.1) is 6.42 Å². The summed E-state index contributed by atoms with van der Waals surface area (Å²) in [7, 11) is 0. The summed E-state index contributed by atoms with van der Waals surface area (Å²) in [6.07, 6.45) is 1.77. The van der Waals surface area contributed by atoms with E-state index in [9.17, 15) is 9.59 Å². The summed E-state index contributed by atoms with van der Waals surface area (Å²) >= 11 is 0. The van der Waals surface area contributed by atoms with E-state index in [0.717, 1.165) is 17.7 Å². The summed E-state index contributed by atoms with van der Waals surface area (Å²) in [6.45, 7) is 0.691. The van der Waals surface area contributed by atoms with Crippen LogP contribution < -0.4 is 10.6 Å². The number of rotatable bonds is 5. The number of aliphatic hydroxyl groups is 1. The lowest BCUT2D eigenvalue weighted by atomic mass is 10.1. The number of nitrogens with one attached hydrogen (secondary N) is 2. The summed E-state index contributed by atoms with van der Waals surface area (Å²) in [4.78, 5) is 23.0. The summed E-state index contributed by atoms with van der Waals surface area (Å²) in [5.41, 5.74) is 2.22. The van der Waals surface area contributed by atoms with Gasteiger partial charge in [-0.3, -0.25) is 9.59 Å². The Morgan fingerprint density at radius 2 is 2.22 bits per heavy atom. The molecule has 1 aromatic rings.